The third-order valence-electron chi connectivity index (χ3n) is 6.88. The molecule has 1 aromatic heterocycles. The smallest absolute Gasteiger partial charge is 0.407 e. The standard InChI is InChI=1S/C27H39N7O3/c1-17(2)27(6,20-9-7-18(8-10-20)19-15-30-23(29)31-16-19)22(28)33-24(35)34-13-11-21(12-14-34)32-25(36)37-26(3,4)5/h7-10,15-17,21H,11-14H2,1-6H3,(H,32,36)(H2,28,33,35)(H2,29,30,31). The van der Waals surface area contributed by atoms with Crippen LogP contribution in [0.2, 0.25) is 0 Å². The molecule has 0 saturated carbocycles. The first-order valence-electron chi connectivity index (χ1n) is 12.6. The molecule has 5 N–H and O–H groups in total. The number of carbonyl (C=O) groups excluding carboxylic acids is 2. The Morgan fingerprint density at radius 2 is 1.62 bits per heavy atom. The Hall–Kier alpha value is -3.69. The Morgan fingerprint density at radius 3 is 2.14 bits per heavy atom. The van der Waals surface area contributed by atoms with E-state index in [0.717, 1.165) is 16.7 Å². The van der Waals surface area contributed by atoms with E-state index in [1.54, 1.807) is 17.3 Å². The predicted octanol–water partition coefficient (Wildman–Crippen LogP) is 4.11. The van der Waals surface area contributed by atoms with Crippen molar-refractivity contribution in [3.8, 4) is 11.1 Å². The van der Waals surface area contributed by atoms with Gasteiger partial charge in [0.1, 0.15) is 11.4 Å². The molecule has 0 aliphatic carbocycles. The van der Waals surface area contributed by atoms with Gasteiger partial charge in [-0.05, 0) is 57.6 Å². The summed E-state index contributed by atoms with van der Waals surface area (Å²) in [6.07, 6.45) is 4.16. The number of alkyl carbamates (subject to hydrolysis) is 1. The normalized spacial score (nSPS) is 16.8. The van der Waals surface area contributed by atoms with E-state index in [2.05, 4.69) is 34.1 Å². The van der Waals surface area contributed by atoms with Crippen molar-refractivity contribution >= 4 is 23.9 Å². The molecule has 0 bridgehead atoms. The van der Waals surface area contributed by atoms with E-state index in [1.165, 1.54) is 0 Å². The Labute approximate surface area is 218 Å². The number of amides is 3. The Bertz CT molecular complexity index is 1120. The average Bonchev–Trinajstić information content (AvgIpc) is 2.83. The first-order valence-corrected chi connectivity index (χ1v) is 12.6. The molecule has 37 heavy (non-hydrogen) atoms. The monoisotopic (exact) mass is 509 g/mol. The number of nitrogens with zero attached hydrogens (tertiary/aromatic N) is 4. The minimum absolute atomic E-state index is 0.0499. The number of piperidine rings is 1. The number of hydrogen-bond acceptors (Lipinski definition) is 6. The molecule has 3 amide bonds. The van der Waals surface area contributed by atoms with Crippen molar-refractivity contribution in [2.24, 2.45) is 16.6 Å². The minimum Gasteiger partial charge on any atom is -0.444 e. The van der Waals surface area contributed by atoms with Gasteiger partial charge in [-0.3, -0.25) is 0 Å². The number of benzene rings is 1. The van der Waals surface area contributed by atoms with Gasteiger partial charge in [-0.15, -0.1) is 0 Å². The van der Waals surface area contributed by atoms with Crippen molar-refractivity contribution in [1.82, 2.24) is 20.2 Å². The quantitative estimate of drug-likeness (QED) is 0.406. The van der Waals surface area contributed by atoms with Crippen LogP contribution in [0.5, 0.6) is 0 Å². The largest absolute Gasteiger partial charge is 0.444 e. The number of aromatic nitrogens is 2. The summed E-state index contributed by atoms with van der Waals surface area (Å²) in [5, 5.41) is 2.88. The van der Waals surface area contributed by atoms with Crippen LogP contribution in [0, 0.1) is 5.92 Å². The van der Waals surface area contributed by atoms with Crippen molar-refractivity contribution < 1.29 is 14.3 Å². The highest BCUT2D eigenvalue weighted by Crippen LogP contribution is 2.34. The van der Waals surface area contributed by atoms with Gasteiger partial charge in [-0.2, -0.15) is 4.99 Å². The van der Waals surface area contributed by atoms with Gasteiger partial charge in [0.05, 0.1) is 5.41 Å². The Kier molecular flexibility index (Phi) is 8.40. The summed E-state index contributed by atoms with van der Waals surface area (Å²) in [6.45, 7) is 12.5. The summed E-state index contributed by atoms with van der Waals surface area (Å²) in [7, 11) is 0. The molecule has 1 aromatic carbocycles. The first-order chi connectivity index (χ1) is 17.3. The molecule has 2 aromatic rings. The van der Waals surface area contributed by atoms with Gasteiger partial charge >= 0.3 is 12.1 Å². The number of ether oxygens (including phenoxy) is 1. The van der Waals surface area contributed by atoms with E-state index in [9.17, 15) is 9.59 Å². The predicted molar refractivity (Wildman–Crippen MR) is 145 cm³/mol. The molecule has 1 unspecified atom stereocenters. The summed E-state index contributed by atoms with van der Waals surface area (Å²) in [5.41, 5.74) is 13.6. The van der Waals surface area contributed by atoms with E-state index in [-0.39, 0.29) is 29.8 Å². The summed E-state index contributed by atoms with van der Waals surface area (Å²) < 4.78 is 5.33. The van der Waals surface area contributed by atoms with Gasteiger partial charge in [0, 0.05) is 37.1 Å². The van der Waals surface area contributed by atoms with Crippen LogP contribution < -0.4 is 16.8 Å². The van der Waals surface area contributed by atoms with Crippen LogP contribution in [0.25, 0.3) is 11.1 Å². The topological polar surface area (TPSA) is 149 Å². The zero-order chi connectivity index (χ0) is 27.4. The Morgan fingerprint density at radius 1 is 1.05 bits per heavy atom. The number of aliphatic imine (C=N–C) groups is 1. The molecular weight excluding hydrogens is 470 g/mol. The molecule has 2 heterocycles. The van der Waals surface area contributed by atoms with Gasteiger partial charge in [0.25, 0.3) is 0 Å². The van der Waals surface area contributed by atoms with Crippen LogP contribution >= 0.6 is 0 Å². The third kappa shape index (κ3) is 6.96. The number of amidine groups is 1. The number of nitrogen functional groups attached to an aromatic ring is 1. The van der Waals surface area contributed by atoms with Gasteiger partial charge < -0.3 is 26.4 Å². The number of hydrogen-bond donors (Lipinski definition) is 3. The van der Waals surface area contributed by atoms with Crippen LogP contribution in [0.4, 0.5) is 15.5 Å². The van der Waals surface area contributed by atoms with Crippen molar-refractivity contribution in [3.05, 3.63) is 42.2 Å². The van der Waals surface area contributed by atoms with E-state index < -0.39 is 17.1 Å². The maximum absolute atomic E-state index is 13.0. The number of rotatable bonds is 5. The van der Waals surface area contributed by atoms with Crippen LogP contribution in [0.15, 0.2) is 41.7 Å². The second-order valence-electron chi connectivity index (χ2n) is 11.0. The van der Waals surface area contributed by atoms with Gasteiger partial charge in [-0.1, -0.05) is 38.1 Å². The van der Waals surface area contributed by atoms with E-state index in [4.69, 9.17) is 16.2 Å². The van der Waals surface area contributed by atoms with Gasteiger partial charge in [0.2, 0.25) is 5.95 Å². The van der Waals surface area contributed by atoms with Crippen molar-refractivity contribution in [2.75, 3.05) is 18.8 Å². The van der Waals surface area contributed by atoms with Crippen LogP contribution in [0.1, 0.15) is 59.9 Å². The third-order valence-corrected chi connectivity index (χ3v) is 6.88. The minimum atomic E-state index is -0.650. The number of likely N-dealkylation sites (tertiary alicyclic amines) is 1. The fraction of sp³-hybridized carbons (Fsp3) is 0.519. The molecule has 1 saturated heterocycles. The molecule has 1 atom stereocenters. The highest BCUT2D eigenvalue weighted by Gasteiger charge is 2.36. The van der Waals surface area contributed by atoms with Crippen molar-refractivity contribution in [3.63, 3.8) is 0 Å². The lowest BCUT2D eigenvalue weighted by Gasteiger charge is -2.35. The molecule has 1 aliphatic rings. The molecule has 10 nitrogen and oxygen atoms in total. The number of nitrogens with one attached hydrogen (secondary N) is 1. The van der Waals surface area contributed by atoms with E-state index >= 15 is 0 Å². The summed E-state index contributed by atoms with van der Waals surface area (Å²) in [5.74, 6) is 0.577. The second-order valence-corrected chi connectivity index (χ2v) is 11.0. The summed E-state index contributed by atoms with van der Waals surface area (Å²) in [4.78, 5) is 39.2. The molecular formula is C27H39N7O3. The fourth-order valence-electron chi connectivity index (χ4n) is 4.25. The first kappa shape index (κ1) is 27.9. The van der Waals surface area contributed by atoms with Crippen molar-refractivity contribution in [1.29, 1.82) is 0 Å². The molecule has 200 valence electrons. The number of urea groups is 1. The number of nitrogens with two attached hydrogens (primary N) is 2. The molecule has 3 rings (SSSR count). The number of anilines is 1. The Balaban J connectivity index is 1.68. The van der Waals surface area contributed by atoms with E-state index in [0.29, 0.717) is 25.9 Å². The zero-order valence-electron chi connectivity index (χ0n) is 22.6. The zero-order valence-corrected chi connectivity index (χ0v) is 22.6. The average molecular weight is 510 g/mol. The lowest BCUT2D eigenvalue weighted by Crippen LogP contribution is -2.48. The fourth-order valence-corrected chi connectivity index (χ4v) is 4.25. The summed E-state index contributed by atoms with van der Waals surface area (Å²) >= 11 is 0. The highest BCUT2D eigenvalue weighted by atomic mass is 16.6. The van der Waals surface area contributed by atoms with Crippen LogP contribution in [-0.4, -0.2) is 57.6 Å². The maximum atomic E-state index is 13.0. The SMILES string of the molecule is CC(C)C(C)(C(N)=NC(=O)N1CCC(NC(=O)OC(C)(C)C)CC1)c1ccc(-c2cnc(N)nc2)cc1. The van der Waals surface area contributed by atoms with Gasteiger partial charge in [-0.25, -0.2) is 19.6 Å². The lowest BCUT2D eigenvalue weighted by molar-refractivity contribution is 0.0486. The molecule has 1 fully saturated rings. The molecule has 0 spiro atoms. The lowest BCUT2D eigenvalue weighted by atomic mass is 9.72. The van der Waals surface area contributed by atoms with Crippen LogP contribution in [-0.2, 0) is 10.2 Å². The van der Waals surface area contributed by atoms with E-state index in [1.807, 2.05) is 52.0 Å². The highest BCUT2D eigenvalue weighted by molar-refractivity contribution is 5.99. The molecule has 0 radical (unpaired) electrons. The van der Waals surface area contributed by atoms with Crippen molar-refractivity contribution in [2.45, 2.75) is 71.4 Å². The second kappa shape index (κ2) is 11.1. The maximum Gasteiger partial charge on any atom is 0.407 e. The van der Waals surface area contributed by atoms with Gasteiger partial charge in [0.15, 0.2) is 0 Å². The molecule has 10 heteroatoms. The number of carbonyl (C=O) groups is 2. The summed E-state index contributed by atoms with van der Waals surface area (Å²) in [6, 6.07) is 7.52. The van der Waals surface area contributed by atoms with Crippen LogP contribution in [0.3, 0.4) is 0 Å². The molecule has 1 aliphatic heterocycles.